The number of aromatic nitrogens is 3. The maximum atomic E-state index is 12.0. The van der Waals surface area contributed by atoms with Crippen LogP contribution in [0.4, 0.5) is 5.82 Å². The molecule has 2 N–H and O–H groups in total. The lowest BCUT2D eigenvalue weighted by Crippen LogP contribution is -2.27. The summed E-state index contributed by atoms with van der Waals surface area (Å²) in [5, 5.41) is 7.41. The quantitative estimate of drug-likeness (QED) is 0.858. The summed E-state index contributed by atoms with van der Waals surface area (Å²) in [6, 6.07) is 8.67. The largest absolute Gasteiger partial charge is 0.382 e. The molecule has 6 nitrogen and oxygen atoms in total. The Bertz CT molecular complexity index is 526. The molecule has 2 rings (SSSR count). The molecule has 0 aliphatic heterocycles. The lowest BCUT2D eigenvalue weighted by atomic mass is 10.3. The van der Waals surface area contributed by atoms with E-state index in [2.05, 4.69) is 15.2 Å². The number of hydrogen-bond acceptors (Lipinski definition) is 5. The average Bonchev–Trinajstić information content (AvgIpc) is 2.40. The number of carbonyl (C=O) groups excluding carboxylic acids is 1. The number of pyridine rings is 1. The number of nitrogen functional groups attached to an aromatic ring is 1. The molecule has 2 aromatic heterocycles. The summed E-state index contributed by atoms with van der Waals surface area (Å²) in [7, 11) is 1.69. The van der Waals surface area contributed by atoms with Crippen LogP contribution < -0.4 is 5.73 Å². The Morgan fingerprint density at radius 2 is 2.11 bits per heavy atom. The lowest BCUT2D eigenvalue weighted by Gasteiger charge is -2.15. The minimum atomic E-state index is -0.215. The monoisotopic (exact) mass is 243 g/mol. The fourth-order valence-corrected chi connectivity index (χ4v) is 1.46. The van der Waals surface area contributed by atoms with E-state index < -0.39 is 0 Å². The molecule has 2 aromatic rings. The average molecular weight is 243 g/mol. The van der Waals surface area contributed by atoms with Crippen molar-refractivity contribution in [3.63, 3.8) is 0 Å². The molecule has 0 aromatic carbocycles. The highest BCUT2D eigenvalue weighted by Gasteiger charge is 2.14. The second-order valence-corrected chi connectivity index (χ2v) is 3.83. The third-order valence-corrected chi connectivity index (χ3v) is 2.38. The lowest BCUT2D eigenvalue weighted by molar-refractivity contribution is 0.0776. The van der Waals surface area contributed by atoms with Gasteiger partial charge >= 0.3 is 0 Å². The Hall–Kier alpha value is -2.50. The van der Waals surface area contributed by atoms with E-state index in [-0.39, 0.29) is 11.6 Å². The fraction of sp³-hybridized carbons (Fsp3) is 0.167. The Morgan fingerprint density at radius 3 is 2.72 bits per heavy atom. The summed E-state index contributed by atoms with van der Waals surface area (Å²) in [5.74, 6) is 0.0760. The second kappa shape index (κ2) is 5.22. The van der Waals surface area contributed by atoms with E-state index in [1.165, 1.54) is 4.90 Å². The van der Waals surface area contributed by atoms with Crippen LogP contribution in [-0.2, 0) is 6.54 Å². The van der Waals surface area contributed by atoms with E-state index in [1.807, 2.05) is 18.2 Å². The van der Waals surface area contributed by atoms with E-state index in [0.29, 0.717) is 12.4 Å². The zero-order valence-electron chi connectivity index (χ0n) is 9.95. The third kappa shape index (κ3) is 2.79. The molecule has 0 saturated carbocycles. The summed E-state index contributed by atoms with van der Waals surface area (Å²) >= 11 is 0. The molecule has 0 fully saturated rings. The predicted octanol–water partition coefficient (Wildman–Crippen LogP) is 0.726. The highest BCUT2D eigenvalue weighted by Crippen LogP contribution is 2.05. The van der Waals surface area contributed by atoms with Gasteiger partial charge in [0.05, 0.1) is 12.2 Å². The molecule has 6 heteroatoms. The highest BCUT2D eigenvalue weighted by molar-refractivity contribution is 5.91. The number of nitrogens with two attached hydrogens (primary N) is 1. The number of anilines is 1. The zero-order valence-corrected chi connectivity index (χ0v) is 9.95. The predicted molar refractivity (Wildman–Crippen MR) is 66.5 cm³/mol. The maximum absolute atomic E-state index is 12.0. The van der Waals surface area contributed by atoms with Crippen LogP contribution in [0.1, 0.15) is 16.2 Å². The van der Waals surface area contributed by atoms with Crippen LogP contribution in [0.2, 0.25) is 0 Å². The zero-order chi connectivity index (χ0) is 13.0. The van der Waals surface area contributed by atoms with Gasteiger partial charge in [0.1, 0.15) is 5.82 Å². The Morgan fingerprint density at radius 1 is 1.28 bits per heavy atom. The van der Waals surface area contributed by atoms with Crippen molar-refractivity contribution in [1.29, 1.82) is 0 Å². The van der Waals surface area contributed by atoms with Crippen LogP contribution in [-0.4, -0.2) is 33.0 Å². The summed E-state index contributed by atoms with van der Waals surface area (Å²) in [6.07, 6.45) is 1.69. The molecule has 0 aliphatic carbocycles. The van der Waals surface area contributed by atoms with E-state index in [9.17, 15) is 4.79 Å². The van der Waals surface area contributed by atoms with Gasteiger partial charge in [0, 0.05) is 13.2 Å². The van der Waals surface area contributed by atoms with Crippen molar-refractivity contribution in [2.24, 2.45) is 0 Å². The van der Waals surface area contributed by atoms with Gasteiger partial charge in [0.25, 0.3) is 5.91 Å². The van der Waals surface area contributed by atoms with Crippen LogP contribution >= 0.6 is 0 Å². The topological polar surface area (TPSA) is 85.0 Å². The smallest absolute Gasteiger partial charge is 0.274 e. The van der Waals surface area contributed by atoms with E-state index >= 15 is 0 Å². The number of hydrogen-bond donors (Lipinski definition) is 1. The molecule has 0 aliphatic rings. The molecular formula is C12H13N5O. The van der Waals surface area contributed by atoms with Crippen molar-refractivity contribution in [2.75, 3.05) is 12.8 Å². The van der Waals surface area contributed by atoms with Gasteiger partial charge in [0.15, 0.2) is 5.69 Å². The number of carbonyl (C=O) groups is 1. The van der Waals surface area contributed by atoms with Gasteiger partial charge in [-0.25, -0.2) is 0 Å². The Balaban J connectivity index is 2.07. The van der Waals surface area contributed by atoms with Crippen LogP contribution in [0, 0.1) is 0 Å². The first-order valence-electron chi connectivity index (χ1n) is 5.41. The molecule has 0 radical (unpaired) electrons. The standard InChI is InChI=1S/C12H13N5O/c1-17(8-9-4-2-3-7-14-9)12(18)10-5-6-11(13)16-15-10/h2-7H,8H2,1H3,(H2,13,16). The molecule has 0 atom stereocenters. The molecule has 0 unspecified atom stereocenters. The van der Waals surface area contributed by atoms with Gasteiger partial charge < -0.3 is 10.6 Å². The molecule has 92 valence electrons. The van der Waals surface area contributed by atoms with Crippen molar-refractivity contribution in [1.82, 2.24) is 20.1 Å². The number of nitrogens with zero attached hydrogens (tertiary/aromatic N) is 4. The minimum Gasteiger partial charge on any atom is -0.382 e. The minimum absolute atomic E-state index is 0.215. The molecule has 18 heavy (non-hydrogen) atoms. The Kier molecular flexibility index (Phi) is 3.47. The van der Waals surface area contributed by atoms with Crippen molar-refractivity contribution in [3.8, 4) is 0 Å². The fourth-order valence-electron chi connectivity index (χ4n) is 1.46. The van der Waals surface area contributed by atoms with Gasteiger partial charge in [-0.1, -0.05) is 6.07 Å². The van der Waals surface area contributed by atoms with E-state index in [0.717, 1.165) is 5.69 Å². The van der Waals surface area contributed by atoms with Crippen LogP contribution in [0.3, 0.4) is 0 Å². The molecular weight excluding hydrogens is 230 g/mol. The van der Waals surface area contributed by atoms with E-state index in [4.69, 9.17) is 5.73 Å². The highest BCUT2D eigenvalue weighted by atomic mass is 16.2. The van der Waals surface area contributed by atoms with Crippen molar-refractivity contribution in [3.05, 3.63) is 47.9 Å². The van der Waals surface area contributed by atoms with Gasteiger partial charge in [-0.05, 0) is 24.3 Å². The SMILES string of the molecule is CN(Cc1ccccn1)C(=O)c1ccc(N)nn1. The van der Waals surface area contributed by atoms with Gasteiger partial charge in [-0.3, -0.25) is 9.78 Å². The molecule has 0 saturated heterocycles. The first-order chi connectivity index (χ1) is 8.66. The molecule has 0 bridgehead atoms. The van der Waals surface area contributed by atoms with E-state index in [1.54, 1.807) is 25.4 Å². The van der Waals surface area contributed by atoms with Crippen LogP contribution in [0.15, 0.2) is 36.5 Å². The summed E-state index contributed by atoms with van der Waals surface area (Å²) < 4.78 is 0. The normalized spacial score (nSPS) is 10.1. The summed E-state index contributed by atoms with van der Waals surface area (Å²) in [5.41, 5.74) is 6.50. The maximum Gasteiger partial charge on any atom is 0.274 e. The summed E-state index contributed by atoms with van der Waals surface area (Å²) in [4.78, 5) is 17.7. The van der Waals surface area contributed by atoms with Crippen LogP contribution in [0.25, 0.3) is 0 Å². The van der Waals surface area contributed by atoms with Gasteiger partial charge in [0.2, 0.25) is 0 Å². The van der Waals surface area contributed by atoms with Crippen molar-refractivity contribution < 1.29 is 4.79 Å². The second-order valence-electron chi connectivity index (χ2n) is 3.83. The molecule has 1 amide bonds. The first kappa shape index (κ1) is 12.0. The van der Waals surface area contributed by atoms with Crippen molar-refractivity contribution >= 4 is 11.7 Å². The van der Waals surface area contributed by atoms with Gasteiger partial charge in [-0.2, -0.15) is 0 Å². The third-order valence-electron chi connectivity index (χ3n) is 2.38. The molecule has 0 spiro atoms. The Labute approximate surface area is 104 Å². The van der Waals surface area contributed by atoms with Crippen LogP contribution in [0.5, 0.6) is 0 Å². The number of rotatable bonds is 3. The van der Waals surface area contributed by atoms with Crippen molar-refractivity contribution in [2.45, 2.75) is 6.54 Å². The van der Waals surface area contributed by atoms with Gasteiger partial charge in [-0.15, -0.1) is 10.2 Å². The number of amides is 1. The summed E-state index contributed by atoms with van der Waals surface area (Å²) in [6.45, 7) is 0.422. The first-order valence-corrected chi connectivity index (χ1v) is 5.41. The molecule has 2 heterocycles.